The van der Waals surface area contributed by atoms with Crippen LogP contribution in [0.15, 0.2) is 27.6 Å². The van der Waals surface area contributed by atoms with Crippen LogP contribution in [0.3, 0.4) is 0 Å². The van der Waals surface area contributed by atoms with Crippen molar-refractivity contribution in [1.82, 2.24) is 0 Å². The van der Waals surface area contributed by atoms with Crippen molar-refractivity contribution in [2.24, 2.45) is 0 Å². The largest absolute Gasteiger partial charge is 0.392 e. The van der Waals surface area contributed by atoms with E-state index in [-0.39, 0.29) is 6.61 Å². The molecule has 1 rings (SSSR count). The molecule has 0 atom stereocenters. The summed E-state index contributed by atoms with van der Waals surface area (Å²) in [5, 5.41) is 9.67. The molecule has 0 aliphatic heterocycles. The second-order valence-electron chi connectivity index (χ2n) is 3.08. The fourth-order valence-electron chi connectivity index (χ4n) is 1.04. The summed E-state index contributed by atoms with van der Waals surface area (Å²) in [5.41, 5.74) is 0.994. The molecule has 0 bridgehead atoms. The van der Waals surface area contributed by atoms with Gasteiger partial charge in [-0.05, 0) is 23.8 Å². The molecule has 72 valence electrons. The quantitative estimate of drug-likeness (QED) is 0.841. The van der Waals surface area contributed by atoms with Gasteiger partial charge in [-0.1, -0.05) is 29.8 Å². The van der Waals surface area contributed by atoms with Gasteiger partial charge in [0.1, 0.15) is 0 Å². The third-order valence-electron chi connectivity index (χ3n) is 1.56. The van der Waals surface area contributed by atoms with E-state index < -0.39 is 0 Å². The van der Waals surface area contributed by atoms with Gasteiger partial charge in [-0.3, -0.25) is 0 Å². The standard InChI is InChI=1S/C10H13BrOS/c1-7(2)13-10-4-3-9(11)5-8(10)6-12/h3-5,7,12H,6H2,1-2H3. The molecule has 1 aromatic rings. The minimum atomic E-state index is 0.106. The van der Waals surface area contributed by atoms with Gasteiger partial charge in [-0.15, -0.1) is 11.8 Å². The first-order valence-electron chi connectivity index (χ1n) is 4.19. The first kappa shape index (κ1) is 11.1. The lowest BCUT2D eigenvalue weighted by Gasteiger charge is -2.09. The number of halogens is 1. The van der Waals surface area contributed by atoms with Crippen molar-refractivity contribution in [3.63, 3.8) is 0 Å². The van der Waals surface area contributed by atoms with Crippen LogP contribution in [-0.4, -0.2) is 10.4 Å². The Morgan fingerprint density at radius 1 is 1.46 bits per heavy atom. The summed E-state index contributed by atoms with van der Waals surface area (Å²) in [6.07, 6.45) is 0. The average molecular weight is 261 g/mol. The third kappa shape index (κ3) is 3.33. The molecule has 0 saturated heterocycles. The van der Waals surface area contributed by atoms with Crippen molar-refractivity contribution in [3.8, 4) is 0 Å². The molecule has 0 radical (unpaired) electrons. The fourth-order valence-corrected chi connectivity index (χ4v) is 2.38. The highest BCUT2D eigenvalue weighted by Crippen LogP contribution is 2.28. The predicted octanol–water partition coefficient (Wildman–Crippen LogP) is 3.44. The smallest absolute Gasteiger partial charge is 0.0693 e. The monoisotopic (exact) mass is 260 g/mol. The summed E-state index contributed by atoms with van der Waals surface area (Å²) in [6, 6.07) is 6.01. The van der Waals surface area contributed by atoms with Crippen molar-refractivity contribution in [2.75, 3.05) is 0 Å². The summed E-state index contributed by atoms with van der Waals surface area (Å²) in [4.78, 5) is 1.17. The van der Waals surface area contributed by atoms with Crippen LogP contribution in [0.4, 0.5) is 0 Å². The normalized spacial score (nSPS) is 10.8. The van der Waals surface area contributed by atoms with Gasteiger partial charge < -0.3 is 5.11 Å². The Balaban J connectivity index is 2.92. The van der Waals surface area contributed by atoms with Crippen LogP contribution in [-0.2, 0) is 6.61 Å². The second kappa shape index (κ2) is 5.03. The lowest BCUT2D eigenvalue weighted by Crippen LogP contribution is -1.92. The van der Waals surface area contributed by atoms with Crippen LogP contribution in [0.2, 0.25) is 0 Å². The van der Waals surface area contributed by atoms with E-state index in [2.05, 4.69) is 29.8 Å². The molecule has 13 heavy (non-hydrogen) atoms. The Hall–Kier alpha value is 0.01000. The molecule has 1 aromatic carbocycles. The molecule has 0 aliphatic rings. The molecule has 0 heterocycles. The van der Waals surface area contributed by atoms with Gasteiger partial charge in [0.2, 0.25) is 0 Å². The third-order valence-corrected chi connectivity index (χ3v) is 3.17. The number of aliphatic hydroxyl groups excluding tert-OH is 1. The first-order valence-corrected chi connectivity index (χ1v) is 5.86. The van der Waals surface area contributed by atoms with E-state index in [9.17, 15) is 0 Å². The Morgan fingerprint density at radius 3 is 2.69 bits per heavy atom. The summed E-state index contributed by atoms with van der Waals surface area (Å²) in [7, 11) is 0. The Morgan fingerprint density at radius 2 is 2.15 bits per heavy atom. The SMILES string of the molecule is CC(C)Sc1ccc(Br)cc1CO. The molecule has 1 nitrogen and oxygen atoms in total. The van der Waals surface area contributed by atoms with Gasteiger partial charge in [0.15, 0.2) is 0 Å². The van der Waals surface area contributed by atoms with E-state index in [1.54, 1.807) is 11.8 Å². The van der Waals surface area contributed by atoms with Crippen molar-refractivity contribution < 1.29 is 5.11 Å². The van der Waals surface area contributed by atoms with Gasteiger partial charge in [-0.25, -0.2) is 0 Å². The van der Waals surface area contributed by atoms with Crippen molar-refractivity contribution >= 4 is 27.7 Å². The number of hydrogen-bond acceptors (Lipinski definition) is 2. The number of rotatable bonds is 3. The molecular formula is C10H13BrOS. The number of aliphatic hydroxyl groups is 1. The highest BCUT2D eigenvalue weighted by atomic mass is 79.9. The van der Waals surface area contributed by atoms with Gasteiger partial charge in [-0.2, -0.15) is 0 Å². The minimum absolute atomic E-state index is 0.106. The van der Waals surface area contributed by atoms with Crippen LogP contribution in [0.1, 0.15) is 19.4 Å². The maximum absolute atomic E-state index is 9.12. The number of benzene rings is 1. The molecule has 0 aromatic heterocycles. The maximum Gasteiger partial charge on any atom is 0.0693 e. The van der Waals surface area contributed by atoms with E-state index in [1.807, 2.05) is 18.2 Å². The van der Waals surface area contributed by atoms with E-state index >= 15 is 0 Å². The van der Waals surface area contributed by atoms with Gasteiger partial charge in [0.25, 0.3) is 0 Å². The summed E-state index contributed by atoms with van der Waals surface area (Å²) in [5.74, 6) is 0. The van der Waals surface area contributed by atoms with Crippen LogP contribution < -0.4 is 0 Å². The fraction of sp³-hybridized carbons (Fsp3) is 0.400. The topological polar surface area (TPSA) is 20.2 Å². The highest BCUT2D eigenvalue weighted by Gasteiger charge is 2.04. The molecule has 1 N–H and O–H groups in total. The first-order chi connectivity index (χ1) is 6.13. The zero-order valence-corrected chi connectivity index (χ0v) is 10.2. The molecule has 0 fully saturated rings. The van der Waals surface area contributed by atoms with Crippen molar-refractivity contribution in [1.29, 1.82) is 0 Å². The van der Waals surface area contributed by atoms with Crippen molar-refractivity contribution in [2.45, 2.75) is 30.6 Å². The maximum atomic E-state index is 9.12. The second-order valence-corrected chi connectivity index (χ2v) is 5.61. The summed E-state index contributed by atoms with van der Waals surface area (Å²) < 4.78 is 1.02. The molecule has 3 heteroatoms. The molecule has 0 saturated carbocycles. The zero-order valence-electron chi connectivity index (χ0n) is 7.75. The average Bonchev–Trinajstić information content (AvgIpc) is 2.07. The van der Waals surface area contributed by atoms with Gasteiger partial charge in [0.05, 0.1) is 6.61 Å². The van der Waals surface area contributed by atoms with Gasteiger partial charge in [0, 0.05) is 14.6 Å². The summed E-state index contributed by atoms with van der Waals surface area (Å²) in [6.45, 7) is 4.40. The molecule has 0 aliphatic carbocycles. The lowest BCUT2D eigenvalue weighted by atomic mass is 10.2. The number of thioether (sulfide) groups is 1. The van der Waals surface area contributed by atoms with Gasteiger partial charge >= 0.3 is 0 Å². The van der Waals surface area contributed by atoms with Crippen molar-refractivity contribution in [3.05, 3.63) is 28.2 Å². The molecule has 0 spiro atoms. The van der Waals surface area contributed by atoms with Crippen LogP contribution in [0.25, 0.3) is 0 Å². The van der Waals surface area contributed by atoms with Crippen LogP contribution in [0, 0.1) is 0 Å². The van der Waals surface area contributed by atoms with Crippen LogP contribution in [0.5, 0.6) is 0 Å². The molecular weight excluding hydrogens is 248 g/mol. The minimum Gasteiger partial charge on any atom is -0.392 e. The highest BCUT2D eigenvalue weighted by molar-refractivity contribution is 9.10. The summed E-state index contributed by atoms with van der Waals surface area (Å²) >= 11 is 5.16. The van der Waals surface area contributed by atoms with E-state index in [1.165, 1.54) is 4.90 Å². The van der Waals surface area contributed by atoms with E-state index in [4.69, 9.17) is 5.11 Å². The molecule has 0 amide bonds. The molecule has 0 unspecified atom stereocenters. The predicted molar refractivity (Wildman–Crippen MR) is 61.1 cm³/mol. The Labute approximate surface area is 91.7 Å². The van der Waals surface area contributed by atoms with E-state index in [0.29, 0.717) is 5.25 Å². The van der Waals surface area contributed by atoms with Crippen LogP contribution >= 0.6 is 27.7 Å². The van der Waals surface area contributed by atoms with E-state index in [0.717, 1.165) is 10.0 Å². The zero-order chi connectivity index (χ0) is 9.84. The Kier molecular flexibility index (Phi) is 4.29. The Bertz CT molecular complexity index is 286. The number of hydrogen-bond donors (Lipinski definition) is 1. The lowest BCUT2D eigenvalue weighted by molar-refractivity contribution is 0.279.